The molecule has 0 spiro atoms. The number of aromatic nitrogens is 2. The van der Waals surface area contributed by atoms with Crippen molar-refractivity contribution >= 4 is 22.5 Å². The fraction of sp³-hybridized carbons (Fsp3) is 0.0714. The number of amides is 1. The summed E-state index contributed by atoms with van der Waals surface area (Å²) in [6, 6.07) is 35.0. The van der Waals surface area contributed by atoms with Crippen LogP contribution in [0.1, 0.15) is 23.5 Å². The van der Waals surface area contributed by atoms with Gasteiger partial charge in [-0.2, -0.15) is 5.10 Å². The highest BCUT2D eigenvalue weighted by molar-refractivity contribution is 5.97. The summed E-state index contributed by atoms with van der Waals surface area (Å²) in [6.45, 7) is 0. The molecule has 1 unspecified atom stereocenters. The van der Waals surface area contributed by atoms with E-state index in [1.54, 1.807) is 0 Å². The minimum Gasteiger partial charge on any atom is -0.310 e. The number of nitrogens with zero attached hydrogens (tertiary/aromatic N) is 2. The van der Waals surface area contributed by atoms with E-state index in [0.717, 1.165) is 33.9 Å². The summed E-state index contributed by atoms with van der Waals surface area (Å²) < 4.78 is 1.86. The number of rotatable bonds is 3. The van der Waals surface area contributed by atoms with Crippen molar-refractivity contribution in [2.24, 2.45) is 0 Å². The molecule has 4 heteroatoms. The second-order valence-corrected chi connectivity index (χ2v) is 8.14. The molecule has 0 aliphatic carbocycles. The summed E-state index contributed by atoms with van der Waals surface area (Å²) >= 11 is 0. The van der Waals surface area contributed by atoms with Crippen molar-refractivity contribution < 1.29 is 4.79 Å². The van der Waals surface area contributed by atoms with Crippen molar-refractivity contribution in [3.8, 4) is 16.9 Å². The van der Waals surface area contributed by atoms with Gasteiger partial charge in [0.1, 0.15) is 5.82 Å². The molecule has 1 aliphatic heterocycles. The van der Waals surface area contributed by atoms with Crippen molar-refractivity contribution in [2.45, 2.75) is 12.3 Å². The van der Waals surface area contributed by atoms with Crippen LogP contribution in [0.5, 0.6) is 0 Å². The maximum atomic E-state index is 12.9. The topological polar surface area (TPSA) is 46.9 Å². The number of benzene rings is 4. The van der Waals surface area contributed by atoms with Crippen LogP contribution in [0.25, 0.3) is 27.7 Å². The van der Waals surface area contributed by atoms with Gasteiger partial charge in [-0.15, -0.1) is 0 Å². The third-order valence-electron chi connectivity index (χ3n) is 6.14. The normalized spacial score (nSPS) is 15.4. The summed E-state index contributed by atoms with van der Waals surface area (Å²) in [5, 5.41) is 10.5. The lowest BCUT2D eigenvalue weighted by atomic mass is 9.83. The van der Waals surface area contributed by atoms with E-state index in [1.165, 1.54) is 10.8 Å². The highest BCUT2D eigenvalue weighted by atomic mass is 16.1. The minimum absolute atomic E-state index is 0.00681. The molecular weight excluding hydrogens is 394 g/mol. The average molecular weight is 415 g/mol. The Morgan fingerprint density at radius 1 is 0.781 bits per heavy atom. The second kappa shape index (κ2) is 7.50. The lowest BCUT2D eigenvalue weighted by Crippen LogP contribution is -2.24. The van der Waals surface area contributed by atoms with E-state index >= 15 is 0 Å². The van der Waals surface area contributed by atoms with Gasteiger partial charge in [0.25, 0.3) is 0 Å². The summed E-state index contributed by atoms with van der Waals surface area (Å²) in [5.41, 5.74) is 5.06. The van der Waals surface area contributed by atoms with Crippen molar-refractivity contribution in [1.82, 2.24) is 9.78 Å². The zero-order chi connectivity index (χ0) is 21.5. The molecule has 5 aromatic rings. The standard InChI is InChI=1S/C28H21N3O/c32-25-18-24(22-16-15-19-9-7-8-12-21(19)17-22)26-27(20-10-3-1-4-11-20)30-31(28(26)29-25)23-13-5-2-6-14-23/h1-17,24H,18H2,(H,29,32). The number of fused-ring (bicyclic) bond motifs is 2. The molecule has 0 saturated heterocycles. The number of para-hydroxylation sites is 1. The van der Waals surface area contributed by atoms with Crippen LogP contribution in [0.4, 0.5) is 5.82 Å². The molecule has 1 atom stereocenters. The van der Waals surface area contributed by atoms with Gasteiger partial charge in [-0.1, -0.05) is 91.0 Å². The second-order valence-electron chi connectivity index (χ2n) is 8.14. The van der Waals surface area contributed by atoms with Crippen molar-refractivity contribution in [1.29, 1.82) is 0 Å². The average Bonchev–Trinajstić information content (AvgIpc) is 3.23. The zero-order valence-corrected chi connectivity index (χ0v) is 17.4. The zero-order valence-electron chi connectivity index (χ0n) is 17.4. The lowest BCUT2D eigenvalue weighted by molar-refractivity contribution is -0.116. The number of anilines is 1. The fourth-order valence-corrected chi connectivity index (χ4v) is 4.63. The summed E-state index contributed by atoms with van der Waals surface area (Å²) in [5.74, 6) is 0.688. The number of hydrogen-bond donors (Lipinski definition) is 1. The Kier molecular flexibility index (Phi) is 4.36. The molecule has 0 bridgehead atoms. The number of carbonyl (C=O) groups excluding carboxylic acids is 1. The Labute approximate surface area is 186 Å². The third-order valence-corrected chi connectivity index (χ3v) is 6.14. The van der Waals surface area contributed by atoms with E-state index in [9.17, 15) is 4.79 Å². The Hall–Kier alpha value is -4.18. The Balaban J connectivity index is 1.60. The van der Waals surface area contributed by atoms with E-state index in [2.05, 4.69) is 47.8 Å². The van der Waals surface area contributed by atoms with Crippen molar-refractivity contribution in [2.75, 3.05) is 5.32 Å². The molecule has 1 aliphatic rings. The predicted molar refractivity (Wildman–Crippen MR) is 128 cm³/mol. The highest BCUT2D eigenvalue weighted by Gasteiger charge is 2.34. The van der Waals surface area contributed by atoms with Crippen LogP contribution in [-0.2, 0) is 4.79 Å². The first-order valence-electron chi connectivity index (χ1n) is 10.8. The lowest BCUT2D eigenvalue weighted by Gasteiger charge is -2.25. The van der Waals surface area contributed by atoms with Crippen LogP contribution in [0, 0.1) is 0 Å². The summed E-state index contributed by atoms with van der Waals surface area (Å²) in [6.07, 6.45) is 0.395. The molecule has 2 heterocycles. The maximum Gasteiger partial charge on any atom is 0.226 e. The van der Waals surface area contributed by atoms with Crippen LogP contribution < -0.4 is 5.32 Å². The molecular formula is C28H21N3O. The number of hydrogen-bond acceptors (Lipinski definition) is 2. The predicted octanol–water partition coefficient (Wildman–Crippen LogP) is 6.17. The molecule has 4 aromatic carbocycles. The Morgan fingerprint density at radius 3 is 2.25 bits per heavy atom. The summed E-state index contributed by atoms with van der Waals surface area (Å²) in [7, 11) is 0. The van der Waals surface area contributed by atoms with E-state index in [4.69, 9.17) is 5.10 Å². The first kappa shape index (κ1) is 18.6. The Bertz CT molecular complexity index is 1440. The third kappa shape index (κ3) is 3.08. The van der Waals surface area contributed by atoms with E-state index in [-0.39, 0.29) is 11.8 Å². The molecule has 0 radical (unpaired) electrons. The minimum atomic E-state index is -0.0731. The molecule has 0 fully saturated rings. The van der Waals surface area contributed by atoms with Crippen LogP contribution in [0.3, 0.4) is 0 Å². The molecule has 154 valence electrons. The van der Waals surface area contributed by atoms with Crippen LogP contribution in [0.2, 0.25) is 0 Å². The Morgan fingerprint density at radius 2 is 1.47 bits per heavy atom. The first-order valence-corrected chi connectivity index (χ1v) is 10.8. The van der Waals surface area contributed by atoms with E-state index in [0.29, 0.717) is 6.42 Å². The smallest absolute Gasteiger partial charge is 0.226 e. The quantitative estimate of drug-likeness (QED) is 0.383. The van der Waals surface area contributed by atoms with Gasteiger partial charge < -0.3 is 5.32 Å². The van der Waals surface area contributed by atoms with Gasteiger partial charge in [-0.25, -0.2) is 4.68 Å². The SMILES string of the molecule is O=C1CC(c2ccc3ccccc3c2)c2c(-c3ccccc3)nn(-c3ccccc3)c2N1. The van der Waals surface area contributed by atoms with Gasteiger partial charge in [0.15, 0.2) is 0 Å². The molecule has 1 amide bonds. The molecule has 1 aromatic heterocycles. The highest BCUT2D eigenvalue weighted by Crippen LogP contribution is 2.44. The number of carbonyl (C=O) groups is 1. The molecule has 1 N–H and O–H groups in total. The largest absolute Gasteiger partial charge is 0.310 e. The van der Waals surface area contributed by atoms with Gasteiger partial charge in [0, 0.05) is 23.5 Å². The molecule has 32 heavy (non-hydrogen) atoms. The van der Waals surface area contributed by atoms with Gasteiger partial charge in [0.2, 0.25) is 5.91 Å². The van der Waals surface area contributed by atoms with Crippen LogP contribution >= 0.6 is 0 Å². The fourth-order valence-electron chi connectivity index (χ4n) is 4.63. The van der Waals surface area contributed by atoms with Gasteiger partial charge in [0.05, 0.1) is 11.4 Å². The van der Waals surface area contributed by atoms with Crippen LogP contribution in [0.15, 0.2) is 103 Å². The van der Waals surface area contributed by atoms with Gasteiger partial charge in [-0.05, 0) is 28.5 Å². The number of nitrogens with one attached hydrogen (secondary N) is 1. The maximum absolute atomic E-state index is 12.9. The molecule has 0 saturated carbocycles. The van der Waals surface area contributed by atoms with Gasteiger partial charge >= 0.3 is 0 Å². The first-order chi connectivity index (χ1) is 15.8. The van der Waals surface area contributed by atoms with Gasteiger partial charge in [-0.3, -0.25) is 4.79 Å². The van der Waals surface area contributed by atoms with Crippen molar-refractivity contribution in [3.05, 3.63) is 114 Å². The molecule has 4 nitrogen and oxygen atoms in total. The van der Waals surface area contributed by atoms with E-state index < -0.39 is 0 Å². The van der Waals surface area contributed by atoms with E-state index in [1.807, 2.05) is 65.3 Å². The summed E-state index contributed by atoms with van der Waals surface area (Å²) in [4.78, 5) is 12.9. The molecule has 6 rings (SSSR count). The monoisotopic (exact) mass is 415 g/mol. The van der Waals surface area contributed by atoms with Crippen molar-refractivity contribution in [3.63, 3.8) is 0 Å². The van der Waals surface area contributed by atoms with Crippen LogP contribution in [-0.4, -0.2) is 15.7 Å².